The highest BCUT2D eigenvalue weighted by molar-refractivity contribution is 5.63. The molecule has 1 aromatic carbocycles. The van der Waals surface area contributed by atoms with Gasteiger partial charge in [0.15, 0.2) is 0 Å². The van der Waals surface area contributed by atoms with Crippen molar-refractivity contribution in [2.24, 2.45) is 0 Å². The summed E-state index contributed by atoms with van der Waals surface area (Å²) in [7, 11) is 0. The second kappa shape index (κ2) is 9.19. The molecule has 3 rings (SSSR count). The average molecular weight is 413 g/mol. The molecule has 2 aromatic heterocycles. The van der Waals surface area contributed by atoms with E-state index in [1.165, 1.54) is 0 Å². The van der Waals surface area contributed by atoms with E-state index in [0.29, 0.717) is 29.1 Å². The molecule has 30 heavy (non-hydrogen) atoms. The lowest BCUT2D eigenvalue weighted by Gasteiger charge is -2.15. The maximum atomic E-state index is 9.51. The number of anilines is 1. The van der Waals surface area contributed by atoms with E-state index in [-0.39, 0.29) is 19.3 Å². The SMILES string of the molecule is Cc1cc(-c2nc(-c3cc(C)c(OCC(O)CO)c(C)c3)no2)nc(NC(C)C)n1. The Labute approximate surface area is 175 Å². The first-order valence-corrected chi connectivity index (χ1v) is 9.76. The number of aromatic nitrogens is 4. The predicted molar refractivity (Wildman–Crippen MR) is 112 cm³/mol. The van der Waals surface area contributed by atoms with Crippen LogP contribution in [0, 0.1) is 20.8 Å². The summed E-state index contributed by atoms with van der Waals surface area (Å²) < 4.78 is 11.1. The van der Waals surface area contributed by atoms with Crippen molar-refractivity contribution in [3.05, 3.63) is 35.0 Å². The van der Waals surface area contributed by atoms with Gasteiger partial charge in [0.2, 0.25) is 11.8 Å². The molecule has 9 nitrogen and oxygen atoms in total. The quantitative estimate of drug-likeness (QED) is 0.511. The highest BCUT2D eigenvalue weighted by atomic mass is 16.5. The Morgan fingerprint density at radius 2 is 1.77 bits per heavy atom. The van der Waals surface area contributed by atoms with Gasteiger partial charge in [-0.1, -0.05) is 5.16 Å². The van der Waals surface area contributed by atoms with Crippen molar-refractivity contribution in [1.29, 1.82) is 0 Å². The van der Waals surface area contributed by atoms with Crippen molar-refractivity contribution in [1.82, 2.24) is 20.1 Å². The fraction of sp³-hybridized carbons (Fsp3) is 0.429. The zero-order chi connectivity index (χ0) is 21.8. The molecule has 0 saturated heterocycles. The first-order chi connectivity index (χ1) is 14.3. The molecule has 0 bridgehead atoms. The Balaban J connectivity index is 1.87. The van der Waals surface area contributed by atoms with Gasteiger partial charge in [-0.15, -0.1) is 0 Å². The van der Waals surface area contributed by atoms with Gasteiger partial charge in [-0.2, -0.15) is 4.98 Å². The number of rotatable bonds is 8. The van der Waals surface area contributed by atoms with Crippen LogP contribution in [0.5, 0.6) is 5.75 Å². The van der Waals surface area contributed by atoms with Gasteiger partial charge in [-0.25, -0.2) is 9.97 Å². The summed E-state index contributed by atoms with van der Waals surface area (Å²) in [6.45, 7) is 9.37. The Morgan fingerprint density at radius 1 is 1.07 bits per heavy atom. The summed E-state index contributed by atoms with van der Waals surface area (Å²) in [5.41, 5.74) is 3.85. The minimum atomic E-state index is -0.922. The number of aryl methyl sites for hydroxylation is 3. The molecule has 9 heteroatoms. The number of hydrogen-bond donors (Lipinski definition) is 3. The first-order valence-electron chi connectivity index (χ1n) is 9.76. The third-order valence-electron chi connectivity index (χ3n) is 4.27. The Hall–Kier alpha value is -3.04. The molecule has 160 valence electrons. The molecular weight excluding hydrogens is 386 g/mol. The topological polar surface area (TPSA) is 126 Å². The third kappa shape index (κ3) is 5.11. The Morgan fingerprint density at radius 3 is 2.40 bits per heavy atom. The molecule has 0 aliphatic carbocycles. The number of ether oxygens (including phenoxy) is 1. The summed E-state index contributed by atoms with van der Waals surface area (Å²) in [6.07, 6.45) is -0.922. The molecule has 0 aliphatic heterocycles. The maximum Gasteiger partial charge on any atom is 0.277 e. The van der Waals surface area contributed by atoms with Crippen molar-refractivity contribution in [3.8, 4) is 28.7 Å². The van der Waals surface area contributed by atoms with E-state index in [1.807, 2.05) is 46.8 Å². The molecule has 2 heterocycles. The zero-order valence-electron chi connectivity index (χ0n) is 17.8. The molecule has 3 aromatic rings. The largest absolute Gasteiger partial charge is 0.490 e. The van der Waals surface area contributed by atoms with Crippen LogP contribution in [0.4, 0.5) is 5.95 Å². The number of hydrogen-bond acceptors (Lipinski definition) is 9. The van der Waals surface area contributed by atoms with Crippen molar-refractivity contribution < 1.29 is 19.5 Å². The van der Waals surface area contributed by atoms with Crippen molar-refractivity contribution >= 4 is 5.95 Å². The van der Waals surface area contributed by atoms with Gasteiger partial charge in [-0.3, -0.25) is 0 Å². The summed E-state index contributed by atoms with van der Waals surface area (Å²) in [6, 6.07) is 5.77. The second-order valence-corrected chi connectivity index (χ2v) is 7.53. The summed E-state index contributed by atoms with van der Waals surface area (Å²) in [5.74, 6) is 1.92. The van der Waals surface area contributed by atoms with Gasteiger partial charge < -0.3 is 24.8 Å². The summed E-state index contributed by atoms with van der Waals surface area (Å²) >= 11 is 0. The van der Waals surface area contributed by atoms with E-state index >= 15 is 0 Å². The summed E-state index contributed by atoms with van der Waals surface area (Å²) in [4.78, 5) is 13.3. The molecule has 0 aliphatic rings. The number of nitrogens with one attached hydrogen (secondary N) is 1. The summed E-state index contributed by atoms with van der Waals surface area (Å²) in [5, 5.41) is 25.7. The lowest BCUT2D eigenvalue weighted by molar-refractivity contribution is 0.0532. The van der Waals surface area contributed by atoms with Gasteiger partial charge in [0.05, 0.1) is 6.61 Å². The second-order valence-electron chi connectivity index (χ2n) is 7.53. The monoisotopic (exact) mass is 413 g/mol. The molecule has 0 amide bonds. The van der Waals surface area contributed by atoms with Crippen molar-refractivity contribution in [2.45, 2.75) is 46.8 Å². The normalized spacial score (nSPS) is 12.3. The third-order valence-corrected chi connectivity index (χ3v) is 4.27. The van der Waals surface area contributed by atoms with Gasteiger partial charge >= 0.3 is 0 Å². The van der Waals surface area contributed by atoms with Gasteiger partial charge in [0.1, 0.15) is 24.2 Å². The van der Waals surface area contributed by atoms with E-state index in [2.05, 4.69) is 25.4 Å². The van der Waals surface area contributed by atoms with Crippen LogP contribution in [0.25, 0.3) is 23.0 Å². The first kappa shape index (κ1) is 21.7. The van der Waals surface area contributed by atoms with E-state index in [9.17, 15) is 5.11 Å². The number of benzene rings is 1. The van der Waals surface area contributed by atoms with Crippen LogP contribution in [-0.4, -0.2) is 55.7 Å². The van der Waals surface area contributed by atoms with E-state index in [4.69, 9.17) is 14.4 Å². The standard InChI is InChI=1S/C21H27N5O4/c1-11(2)22-21-23-14(5)8-17(24-21)20-25-19(26-30-20)15-6-12(3)18(13(4)7-15)29-10-16(28)9-27/h6-8,11,16,27-28H,9-10H2,1-5H3,(H,22,23,24). The molecule has 0 fully saturated rings. The Kier molecular flexibility index (Phi) is 6.63. The number of aliphatic hydroxyl groups excluding tert-OH is 2. The molecular formula is C21H27N5O4. The van der Waals surface area contributed by atoms with Crippen LogP contribution >= 0.6 is 0 Å². The van der Waals surface area contributed by atoms with E-state index < -0.39 is 6.10 Å². The molecule has 1 unspecified atom stereocenters. The fourth-order valence-electron chi connectivity index (χ4n) is 2.98. The van der Waals surface area contributed by atoms with Crippen molar-refractivity contribution in [3.63, 3.8) is 0 Å². The zero-order valence-corrected chi connectivity index (χ0v) is 17.8. The number of aliphatic hydroxyl groups is 2. The lowest BCUT2D eigenvalue weighted by Crippen LogP contribution is -2.21. The molecule has 1 atom stereocenters. The molecule has 0 saturated carbocycles. The van der Waals surface area contributed by atoms with Gasteiger partial charge in [0, 0.05) is 17.3 Å². The Bertz CT molecular complexity index is 995. The van der Waals surface area contributed by atoms with Crippen molar-refractivity contribution in [2.75, 3.05) is 18.5 Å². The van der Waals surface area contributed by atoms with E-state index in [1.54, 1.807) is 6.07 Å². The maximum absolute atomic E-state index is 9.51. The van der Waals surface area contributed by atoms with Gasteiger partial charge in [-0.05, 0) is 63.9 Å². The van der Waals surface area contributed by atoms with Crippen LogP contribution < -0.4 is 10.1 Å². The molecule has 0 spiro atoms. The smallest absolute Gasteiger partial charge is 0.277 e. The highest BCUT2D eigenvalue weighted by Crippen LogP contribution is 2.30. The van der Waals surface area contributed by atoms with Crippen LogP contribution in [0.15, 0.2) is 22.7 Å². The number of nitrogens with zero attached hydrogens (tertiary/aromatic N) is 4. The van der Waals surface area contributed by atoms with Crippen LogP contribution in [0.1, 0.15) is 30.7 Å². The molecule has 3 N–H and O–H groups in total. The van der Waals surface area contributed by atoms with Crippen LogP contribution in [0.2, 0.25) is 0 Å². The lowest BCUT2D eigenvalue weighted by atomic mass is 10.1. The molecule has 0 radical (unpaired) electrons. The minimum absolute atomic E-state index is 0.0176. The van der Waals surface area contributed by atoms with Crippen LogP contribution in [-0.2, 0) is 0 Å². The average Bonchev–Trinajstić information content (AvgIpc) is 3.16. The highest BCUT2D eigenvalue weighted by Gasteiger charge is 2.16. The minimum Gasteiger partial charge on any atom is -0.490 e. The van der Waals surface area contributed by atoms with Gasteiger partial charge in [0.25, 0.3) is 5.89 Å². The predicted octanol–water partition coefficient (Wildman–Crippen LogP) is 2.67. The van der Waals surface area contributed by atoms with Crippen LogP contribution in [0.3, 0.4) is 0 Å². The van der Waals surface area contributed by atoms with E-state index in [0.717, 1.165) is 22.4 Å². The fourth-order valence-corrected chi connectivity index (χ4v) is 2.98.